The molecule has 2 aliphatic rings. The number of benzene rings is 1. The molecule has 5 rings (SSSR count). The van der Waals surface area contributed by atoms with Gasteiger partial charge in [-0.3, -0.25) is 19.3 Å². The van der Waals surface area contributed by atoms with Gasteiger partial charge in [0.2, 0.25) is 5.91 Å². The molecule has 33 heavy (non-hydrogen) atoms. The van der Waals surface area contributed by atoms with E-state index in [-0.39, 0.29) is 11.9 Å². The van der Waals surface area contributed by atoms with Crippen LogP contribution in [0.2, 0.25) is 0 Å². The lowest BCUT2D eigenvalue weighted by Crippen LogP contribution is -2.38. The van der Waals surface area contributed by atoms with Gasteiger partial charge in [-0.05, 0) is 45.2 Å². The molecule has 0 N–H and O–H groups in total. The fourth-order valence-corrected chi connectivity index (χ4v) is 5.07. The summed E-state index contributed by atoms with van der Waals surface area (Å²) in [5, 5.41) is 4.42. The molecule has 1 atom stereocenters. The molecule has 1 saturated heterocycles. The van der Waals surface area contributed by atoms with Crippen molar-refractivity contribution in [1.82, 2.24) is 24.6 Å². The van der Waals surface area contributed by atoms with Gasteiger partial charge < -0.3 is 0 Å². The molecule has 3 aromatic rings. The topological polar surface area (TPSA) is 67.2 Å². The lowest BCUT2D eigenvalue weighted by molar-refractivity contribution is -0.119. The Hall–Kier alpha value is -3.06. The largest absolute Gasteiger partial charge is 0.292 e. The highest BCUT2D eigenvalue weighted by atomic mass is 16.2. The molecule has 7 nitrogen and oxygen atoms in total. The lowest BCUT2D eigenvalue weighted by Gasteiger charge is -2.36. The second-order valence-electron chi connectivity index (χ2n) is 9.30. The minimum Gasteiger partial charge on any atom is -0.292 e. The number of hydrogen-bond acceptors (Lipinski definition) is 5. The minimum absolute atomic E-state index is 0.141. The standard InChI is InChI=1S/C26H32N6O/c1-18-22-12-13-24(33)32(16-20-9-5-4-6-10-20)26(22)29-25(28-18)23-11-7-8-14-31(23)17-21-15-27-30(3)19(21)2/h4-6,9-10,15,23H,7-8,11-14,16-17H2,1-3H3. The number of anilines is 1. The summed E-state index contributed by atoms with van der Waals surface area (Å²) in [6.07, 6.45) is 6.58. The summed E-state index contributed by atoms with van der Waals surface area (Å²) in [5.74, 6) is 1.79. The van der Waals surface area contributed by atoms with Gasteiger partial charge in [-0.15, -0.1) is 0 Å². The Morgan fingerprint density at radius 3 is 2.61 bits per heavy atom. The number of carbonyl (C=O) groups is 1. The maximum atomic E-state index is 13.0. The van der Waals surface area contributed by atoms with Gasteiger partial charge in [0.1, 0.15) is 11.6 Å². The van der Waals surface area contributed by atoms with Crippen molar-refractivity contribution in [2.45, 2.75) is 65.1 Å². The Morgan fingerprint density at radius 2 is 1.85 bits per heavy atom. The molecular formula is C26H32N6O. The van der Waals surface area contributed by atoms with E-state index < -0.39 is 0 Å². The highest BCUT2D eigenvalue weighted by Gasteiger charge is 2.32. The maximum absolute atomic E-state index is 13.0. The number of carbonyl (C=O) groups excluding carboxylic acids is 1. The van der Waals surface area contributed by atoms with Gasteiger partial charge in [-0.2, -0.15) is 5.10 Å². The van der Waals surface area contributed by atoms with E-state index in [0.717, 1.165) is 54.4 Å². The van der Waals surface area contributed by atoms with Gasteiger partial charge in [0, 0.05) is 42.5 Å². The third-order valence-electron chi connectivity index (χ3n) is 7.16. The van der Waals surface area contributed by atoms with E-state index in [1.807, 2.05) is 41.0 Å². The van der Waals surface area contributed by atoms with Crippen LogP contribution in [-0.2, 0) is 31.4 Å². The van der Waals surface area contributed by atoms with Crippen molar-refractivity contribution in [3.8, 4) is 0 Å². The minimum atomic E-state index is 0.141. The predicted molar refractivity (Wildman–Crippen MR) is 128 cm³/mol. The Morgan fingerprint density at radius 1 is 1.03 bits per heavy atom. The van der Waals surface area contributed by atoms with E-state index in [4.69, 9.17) is 9.97 Å². The first-order chi connectivity index (χ1) is 16.0. The zero-order valence-electron chi connectivity index (χ0n) is 19.8. The molecular weight excluding hydrogens is 412 g/mol. The summed E-state index contributed by atoms with van der Waals surface area (Å²) >= 11 is 0. The lowest BCUT2D eigenvalue weighted by atomic mass is 9.98. The number of aromatic nitrogens is 4. The molecule has 0 saturated carbocycles. The fourth-order valence-electron chi connectivity index (χ4n) is 5.07. The molecule has 1 unspecified atom stereocenters. The number of rotatable bonds is 5. The Kier molecular flexibility index (Phi) is 5.98. The van der Waals surface area contributed by atoms with Crippen LogP contribution in [0.3, 0.4) is 0 Å². The van der Waals surface area contributed by atoms with Gasteiger partial charge in [0.15, 0.2) is 0 Å². The van der Waals surface area contributed by atoms with Crippen LogP contribution in [-0.4, -0.2) is 37.1 Å². The van der Waals surface area contributed by atoms with E-state index in [1.165, 1.54) is 24.1 Å². The smallest absolute Gasteiger partial charge is 0.228 e. The molecule has 0 aliphatic carbocycles. The van der Waals surface area contributed by atoms with Crippen LogP contribution < -0.4 is 4.90 Å². The van der Waals surface area contributed by atoms with Crippen molar-refractivity contribution in [3.05, 3.63) is 70.4 Å². The fraction of sp³-hybridized carbons (Fsp3) is 0.462. The average Bonchev–Trinajstić information content (AvgIpc) is 3.14. The summed E-state index contributed by atoms with van der Waals surface area (Å²) < 4.78 is 1.93. The van der Waals surface area contributed by atoms with Crippen molar-refractivity contribution < 1.29 is 4.79 Å². The van der Waals surface area contributed by atoms with Crippen LogP contribution in [0.4, 0.5) is 5.82 Å². The summed E-state index contributed by atoms with van der Waals surface area (Å²) in [4.78, 5) is 27.4. The van der Waals surface area contributed by atoms with Gasteiger partial charge in [-0.1, -0.05) is 36.8 Å². The van der Waals surface area contributed by atoms with E-state index >= 15 is 0 Å². The number of nitrogens with zero attached hydrogens (tertiary/aromatic N) is 6. The van der Waals surface area contributed by atoms with Crippen LogP contribution >= 0.6 is 0 Å². The maximum Gasteiger partial charge on any atom is 0.228 e. The number of aryl methyl sites for hydroxylation is 2. The molecule has 7 heteroatoms. The second kappa shape index (κ2) is 9.06. The molecule has 1 amide bonds. The van der Waals surface area contributed by atoms with Crippen molar-refractivity contribution >= 4 is 11.7 Å². The monoisotopic (exact) mass is 444 g/mol. The Labute approximate surface area is 195 Å². The highest BCUT2D eigenvalue weighted by molar-refractivity contribution is 5.95. The SMILES string of the molecule is Cc1nc(C2CCCCN2Cc2cnn(C)c2C)nc2c1CCC(=O)N2Cc1ccccc1. The van der Waals surface area contributed by atoms with Crippen LogP contribution in [0.5, 0.6) is 0 Å². The zero-order valence-corrected chi connectivity index (χ0v) is 19.8. The van der Waals surface area contributed by atoms with Crippen LogP contribution in [0, 0.1) is 13.8 Å². The third-order valence-corrected chi connectivity index (χ3v) is 7.16. The predicted octanol–water partition coefficient (Wildman–Crippen LogP) is 4.03. The number of fused-ring (bicyclic) bond motifs is 1. The van der Waals surface area contributed by atoms with Crippen molar-refractivity contribution in [2.24, 2.45) is 7.05 Å². The average molecular weight is 445 g/mol. The number of amides is 1. The number of hydrogen-bond donors (Lipinski definition) is 0. The van der Waals surface area contributed by atoms with Crippen molar-refractivity contribution in [1.29, 1.82) is 0 Å². The van der Waals surface area contributed by atoms with Gasteiger partial charge >= 0.3 is 0 Å². The summed E-state index contributed by atoms with van der Waals surface area (Å²) in [6.45, 7) is 6.60. The Bertz CT molecular complexity index is 1160. The molecule has 4 heterocycles. The molecule has 2 aromatic heterocycles. The zero-order chi connectivity index (χ0) is 22.9. The van der Waals surface area contributed by atoms with E-state index in [2.05, 4.69) is 36.0 Å². The first-order valence-corrected chi connectivity index (χ1v) is 11.9. The Balaban J connectivity index is 1.48. The molecule has 0 radical (unpaired) electrons. The van der Waals surface area contributed by atoms with Crippen molar-refractivity contribution in [2.75, 3.05) is 11.4 Å². The van der Waals surface area contributed by atoms with Crippen molar-refractivity contribution in [3.63, 3.8) is 0 Å². The molecule has 0 spiro atoms. The first-order valence-electron chi connectivity index (χ1n) is 11.9. The van der Waals surface area contributed by atoms with Gasteiger partial charge in [-0.25, -0.2) is 9.97 Å². The molecule has 2 aliphatic heterocycles. The second-order valence-corrected chi connectivity index (χ2v) is 9.30. The van der Waals surface area contributed by atoms with E-state index in [0.29, 0.717) is 13.0 Å². The van der Waals surface area contributed by atoms with Gasteiger partial charge in [0.05, 0.1) is 18.8 Å². The van der Waals surface area contributed by atoms with E-state index in [9.17, 15) is 4.79 Å². The summed E-state index contributed by atoms with van der Waals surface area (Å²) in [6, 6.07) is 10.3. The highest BCUT2D eigenvalue weighted by Crippen LogP contribution is 2.35. The number of piperidine rings is 1. The first kappa shape index (κ1) is 21.8. The molecule has 0 bridgehead atoms. The molecule has 1 fully saturated rings. The number of likely N-dealkylation sites (tertiary alicyclic amines) is 1. The van der Waals surface area contributed by atoms with Gasteiger partial charge in [0.25, 0.3) is 0 Å². The molecule has 1 aromatic carbocycles. The summed E-state index contributed by atoms with van der Waals surface area (Å²) in [5.41, 5.74) is 5.67. The molecule has 172 valence electrons. The normalized spacial score (nSPS) is 19.1. The van der Waals surface area contributed by atoms with Crippen LogP contribution in [0.25, 0.3) is 0 Å². The summed E-state index contributed by atoms with van der Waals surface area (Å²) in [7, 11) is 1.99. The third kappa shape index (κ3) is 4.29. The van der Waals surface area contributed by atoms with E-state index in [1.54, 1.807) is 0 Å². The quantitative estimate of drug-likeness (QED) is 0.594. The van der Waals surface area contributed by atoms with Crippen LogP contribution in [0.1, 0.15) is 65.6 Å². The van der Waals surface area contributed by atoms with Crippen LogP contribution in [0.15, 0.2) is 36.5 Å².